The van der Waals surface area contributed by atoms with Crippen molar-refractivity contribution in [2.45, 2.75) is 39.7 Å². The minimum Gasteiger partial charge on any atom is -0.370 e. The fourth-order valence-electron chi connectivity index (χ4n) is 4.61. The predicted octanol–water partition coefficient (Wildman–Crippen LogP) is 4.54. The highest BCUT2D eigenvalue weighted by atomic mass is 16.2. The molecule has 10 nitrogen and oxygen atoms in total. The Bertz CT molecular complexity index is 1240. The standard InChI is InChI=1S/C30H40N8O2/c1-3-31-27-15-8-22(20-34-27)21-35-30(40)36-24-11-9-23(10-12-24)26-14-13-25(28(37-26)32-4-2)29(39)33-16-19-38-17-6-5-7-18-38/h8-15,20H,3-7,16-19,21H2,1-2H3,(H,31,34)(H,32,37)(H,33,39)(H2,35,36,40). The third-order valence-corrected chi connectivity index (χ3v) is 6.72. The molecule has 0 unspecified atom stereocenters. The Morgan fingerprint density at radius 2 is 1.65 bits per heavy atom. The molecule has 3 amide bonds. The van der Waals surface area contributed by atoms with E-state index >= 15 is 0 Å². The molecule has 10 heteroatoms. The van der Waals surface area contributed by atoms with E-state index in [1.54, 1.807) is 6.20 Å². The van der Waals surface area contributed by atoms with Crippen LogP contribution in [0.1, 0.15) is 49.0 Å². The Morgan fingerprint density at radius 1 is 0.875 bits per heavy atom. The number of hydrogen-bond donors (Lipinski definition) is 5. The monoisotopic (exact) mass is 544 g/mol. The zero-order chi connectivity index (χ0) is 28.2. The lowest BCUT2D eigenvalue weighted by Gasteiger charge is -2.26. The van der Waals surface area contributed by atoms with Gasteiger partial charge in [0.15, 0.2) is 0 Å². The number of hydrogen-bond acceptors (Lipinski definition) is 7. The molecule has 40 heavy (non-hydrogen) atoms. The number of carbonyl (C=O) groups is 2. The van der Waals surface area contributed by atoms with Gasteiger partial charge in [-0.1, -0.05) is 24.6 Å². The second-order valence-corrected chi connectivity index (χ2v) is 9.75. The molecule has 1 aliphatic rings. The maximum atomic E-state index is 12.9. The molecule has 0 radical (unpaired) electrons. The fourth-order valence-corrected chi connectivity index (χ4v) is 4.61. The molecule has 3 aromatic rings. The van der Waals surface area contributed by atoms with Gasteiger partial charge in [0, 0.05) is 50.2 Å². The van der Waals surface area contributed by atoms with Gasteiger partial charge in [-0.3, -0.25) is 4.79 Å². The number of pyridine rings is 2. The first-order valence-corrected chi connectivity index (χ1v) is 14.1. The number of anilines is 3. The van der Waals surface area contributed by atoms with Crippen LogP contribution in [0.3, 0.4) is 0 Å². The molecule has 1 fully saturated rings. The number of aromatic nitrogens is 2. The van der Waals surface area contributed by atoms with Crippen LogP contribution >= 0.6 is 0 Å². The third kappa shape index (κ3) is 8.41. The average molecular weight is 545 g/mol. The second kappa shape index (κ2) is 14.8. The largest absolute Gasteiger partial charge is 0.370 e. The van der Waals surface area contributed by atoms with Crippen molar-refractivity contribution in [1.82, 2.24) is 25.5 Å². The van der Waals surface area contributed by atoms with Gasteiger partial charge in [0.2, 0.25) is 0 Å². The van der Waals surface area contributed by atoms with Crippen molar-refractivity contribution in [3.05, 3.63) is 65.9 Å². The van der Waals surface area contributed by atoms with Crippen molar-refractivity contribution in [3.63, 3.8) is 0 Å². The van der Waals surface area contributed by atoms with E-state index in [0.29, 0.717) is 36.7 Å². The number of rotatable bonds is 12. The van der Waals surface area contributed by atoms with E-state index in [4.69, 9.17) is 4.98 Å². The molecule has 0 spiro atoms. The Morgan fingerprint density at radius 3 is 2.35 bits per heavy atom. The molecule has 0 aliphatic carbocycles. The first-order chi connectivity index (χ1) is 19.6. The molecule has 1 saturated heterocycles. The highest BCUT2D eigenvalue weighted by Crippen LogP contribution is 2.24. The van der Waals surface area contributed by atoms with Gasteiger partial charge in [-0.05, 0) is 75.7 Å². The minimum absolute atomic E-state index is 0.123. The van der Waals surface area contributed by atoms with Gasteiger partial charge < -0.3 is 31.5 Å². The summed E-state index contributed by atoms with van der Waals surface area (Å²) in [5.41, 5.74) is 3.73. The summed E-state index contributed by atoms with van der Waals surface area (Å²) in [4.78, 5) is 36.7. The SMILES string of the molecule is CCNc1ccc(CNC(=O)Nc2ccc(-c3ccc(C(=O)NCCN4CCCCC4)c(NCC)n3)cc2)cn1. The van der Waals surface area contributed by atoms with Crippen LogP contribution in [-0.2, 0) is 6.54 Å². The van der Waals surface area contributed by atoms with Crippen LogP contribution < -0.4 is 26.6 Å². The second-order valence-electron chi connectivity index (χ2n) is 9.75. The van der Waals surface area contributed by atoms with Crippen molar-refractivity contribution >= 4 is 29.3 Å². The number of nitrogens with zero attached hydrogens (tertiary/aromatic N) is 3. The van der Waals surface area contributed by atoms with Crippen molar-refractivity contribution in [2.24, 2.45) is 0 Å². The molecule has 1 aliphatic heterocycles. The average Bonchev–Trinajstić information content (AvgIpc) is 2.98. The molecule has 0 atom stereocenters. The van der Waals surface area contributed by atoms with E-state index in [1.807, 2.05) is 62.4 Å². The van der Waals surface area contributed by atoms with E-state index in [0.717, 1.165) is 48.8 Å². The third-order valence-electron chi connectivity index (χ3n) is 6.72. The molecule has 3 heterocycles. The summed E-state index contributed by atoms with van der Waals surface area (Å²) in [7, 11) is 0. The van der Waals surface area contributed by atoms with E-state index in [-0.39, 0.29) is 11.9 Å². The summed E-state index contributed by atoms with van der Waals surface area (Å²) in [6, 6.07) is 14.6. The molecule has 212 valence electrons. The van der Waals surface area contributed by atoms with Gasteiger partial charge >= 0.3 is 6.03 Å². The van der Waals surface area contributed by atoms with Crippen molar-refractivity contribution in [2.75, 3.05) is 55.2 Å². The number of urea groups is 1. The Balaban J connectivity index is 1.31. The number of carbonyl (C=O) groups excluding carboxylic acids is 2. The molecule has 5 N–H and O–H groups in total. The lowest BCUT2D eigenvalue weighted by Crippen LogP contribution is -2.37. The summed E-state index contributed by atoms with van der Waals surface area (Å²) in [6.07, 6.45) is 5.51. The van der Waals surface area contributed by atoms with Crippen molar-refractivity contribution in [3.8, 4) is 11.3 Å². The zero-order valence-electron chi connectivity index (χ0n) is 23.4. The summed E-state index contributed by atoms with van der Waals surface area (Å²) >= 11 is 0. The van der Waals surface area contributed by atoms with Crippen LogP contribution in [0.2, 0.25) is 0 Å². The van der Waals surface area contributed by atoms with Crippen LogP contribution in [0.5, 0.6) is 0 Å². The number of amides is 3. The van der Waals surface area contributed by atoms with Gasteiger partial charge in [0.1, 0.15) is 11.6 Å². The maximum absolute atomic E-state index is 12.9. The van der Waals surface area contributed by atoms with E-state index in [1.165, 1.54) is 19.3 Å². The van der Waals surface area contributed by atoms with Crippen LogP contribution in [0.25, 0.3) is 11.3 Å². The molecule has 1 aromatic carbocycles. The first kappa shape index (κ1) is 28.8. The number of benzene rings is 1. The number of piperidine rings is 1. The molecular weight excluding hydrogens is 504 g/mol. The van der Waals surface area contributed by atoms with Crippen molar-refractivity contribution < 1.29 is 9.59 Å². The topological polar surface area (TPSA) is 123 Å². The van der Waals surface area contributed by atoms with E-state index < -0.39 is 0 Å². The molecule has 0 saturated carbocycles. The highest BCUT2D eigenvalue weighted by Gasteiger charge is 2.15. The molecule has 2 aromatic heterocycles. The molecule has 0 bridgehead atoms. The van der Waals surface area contributed by atoms with Crippen LogP contribution in [0, 0.1) is 0 Å². The van der Waals surface area contributed by atoms with Crippen LogP contribution in [0.15, 0.2) is 54.7 Å². The number of nitrogens with one attached hydrogen (secondary N) is 5. The normalized spacial score (nSPS) is 13.3. The van der Waals surface area contributed by atoms with Crippen molar-refractivity contribution in [1.29, 1.82) is 0 Å². The van der Waals surface area contributed by atoms with Gasteiger partial charge in [0.05, 0.1) is 11.3 Å². The van der Waals surface area contributed by atoms with Crippen LogP contribution in [-0.4, -0.2) is 66.1 Å². The quantitative estimate of drug-likeness (QED) is 0.227. The summed E-state index contributed by atoms with van der Waals surface area (Å²) in [6.45, 7) is 9.53. The Hall–Kier alpha value is -4.18. The van der Waals surface area contributed by atoms with Gasteiger partial charge in [0.25, 0.3) is 5.91 Å². The van der Waals surface area contributed by atoms with E-state index in [9.17, 15) is 9.59 Å². The Labute approximate surface area is 236 Å². The highest BCUT2D eigenvalue weighted by molar-refractivity contribution is 5.99. The smallest absolute Gasteiger partial charge is 0.319 e. The lowest BCUT2D eigenvalue weighted by atomic mass is 10.1. The summed E-state index contributed by atoms with van der Waals surface area (Å²) in [5, 5.41) is 15.1. The first-order valence-electron chi connectivity index (χ1n) is 14.1. The van der Waals surface area contributed by atoms with Gasteiger partial charge in [-0.25, -0.2) is 14.8 Å². The maximum Gasteiger partial charge on any atom is 0.319 e. The predicted molar refractivity (Wildman–Crippen MR) is 161 cm³/mol. The lowest BCUT2D eigenvalue weighted by molar-refractivity contribution is 0.0947. The fraction of sp³-hybridized carbons (Fsp3) is 0.400. The summed E-state index contributed by atoms with van der Waals surface area (Å²) < 4.78 is 0. The van der Waals surface area contributed by atoms with Gasteiger partial charge in [-0.2, -0.15) is 0 Å². The van der Waals surface area contributed by atoms with Crippen LogP contribution in [0.4, 0.5) is 22.1 Å². The Kier molecular flexibility index (Phi) is 10.7. The number of likely N-dealkylation sites (tertiary alicyclic amines) is 1. The van der Waals surface area contributed by atoms with E-state index in [2.05, 4.69) is 36.5 Å². The zero-order valence-corrected chi connectivity index (χ0v) is 23.4. The van der Waals surface area contributed by atoms with Gasteiger partial charge in [-0.15, -0.1) is 0 Å². The molecular formula is C30H40N8O2. The summed E-state index contributed by atoms with van der Waals surface area (Å²) in [5.74, 6) is 1.25. The minimum atomic E-state index is -0.299. The molecule has 4 rings (SSSR count).